The van der Waals surface area contributed by atoms with Crippen LogP contribution in [0.4, 0.5) is 5.82 Å². The number of aliphatic hydroxyl groups excluding tert-OH is 2. The van der Waals surface area contributed by atoms with Gasteiger partial charge in [0, 0.05) is 30.4 Å². The van der Waals surface area contributed by atoms with Crippen molar-refractivity contribution in [1.29, 1.82) is 0 Å². The molecule has 3 aromatic rings. The Morgan fingerprint density at radius 1 is 0.962 bits per heavy atom. The standard InChI is InChI=1S/C19H23N5O2/c1-14-12-15(2)24(22-14)18-13-17(23(8-10-25)9-11-26)20-19(21-18)16-6-4-3-5-7-16/h3-7,12-13,25-26H,8-11H2,1-2H3. The van der Waals surface area contributed by atoms with E-state index in [1.165, 1.54) is 0 Å². The predicted octanol–water partition coefficient (Wildman–Crippen LogP) is 1.74. The third-order valence-electron chi connectivity index (χ3n) is 4.02. The third-order valence-corrected chi connectivity index (χ3v) is 4.02. The lowest BCUT2D eigenvalue weighted by Gasteiger charge is -2.23. The van der Waals surface area contributed by atoms with Crippen molar-refractivity contribution in [3.63, 3.8) is 0 Å². The molecule has 0 aliphatic rings. The first-order valence-electron chi connectivity index (χ1n) is 8.57. The molecule has 2 aromatic heterocycles. The number of hydrogen-bond donors (Lipinski definition) is 2. The van der Waals surface area contributed by atoms with E-state index in [-0.39, 0.29) is 13.2 Å². The molecule has 3 rings (SSSR count). The Hall–Kier alpha value is -2.77. The Morgan fingerprint density at radius 3 is 2.23 bits per heavy atom. The first-order valence-corrected chi connectivity index (χ1v) is 8.57. The molecule has 0 atom stereocenters. The van der Waals surface area contributed by atoms with Crippen molar-refractivity contribution in [3.8, 4) is 17.2 Å². The van der Waals surface area contributed by atoms with E-state index >= 15 is 0 Å². The summed E-state index contributed by atoms with van der Waals surface area (Å²) >= 11 is 0. The zero-order chi connectivity index (χ0) is 18.5. The van der Waals surface area contributed by atoms with Crippen molar-refractivity contribution >= 4 is 5.82 Å². The van der Waals surface area contributed by atoms with Gasteiger partial charge in [0.05, 0.1) is 18.9 Å². The van der Waals surface area contributed by atoms with Crippen LogP contribution in [0.2, 0.25) is 0 Å². The van der Waals surface area contributed by atoms with E-state index in [0.29, 0.717) is 30.5 Å². The average Bonchev–Trinajstić information content (AvgIpc) is 3.00. The van der Waals surface area contributed by atoms with E-state index in [9.17, 15) is 10.2 Å². The van der Waals surface area contributed by atoms with Crippen molar-refractivity contribution < 1.29 is 10.2 Å². The van der Waals surface area contributed by atoms with Gasteiger partial charge in [-0.05, 0) is 19.9 Å². The molecule has 136 valence electrons. The number of anilines is 1. The van der Waals surface area contributed by atoms with Gasteiger partial charge in [0.1, 0.15) is 5.82 Å². The highest BCUT2D eigenvalue weighted by Crippen LogP contribution is 2.22. The summed E-state index contributed by atoms with van der Waals surface area (Å²) in [5.41, 5.74) is 2.78. The zero-order valence-corrected chi connectivity index (χ0v) is 15.0. The maximum Gasteiger partial charge on any atom is 0.163 e. The Balaban J connectivity index is 2.14. The highest BCUT2D eigenvalue weighted by Gasteiger charge is 2.15. The first-order chi connectivity index (χ1) is 12.6. The monoisotopic (exact) mass is 353 g/mol. The molecule has 0 amide bonds. The van der Waals surface area contributed by atoms with Gasteiger partial charge in [-0.25, -0.2) is 14.6 Å². The fraction of sp³-hybridized carbons (Fsp3) is 0.316. The normalized spacial score (nSPS) is 10.9. The number of hydrogen-bond acceptors (Lipinski definition) is 6. The maximum atomic E-state index is 9.36. The van der Waals surface area contributed by atoms with E-state index in [1.807, 2.05) is 61.2 Å². The summed E-state index contributed by atoms with van der Waals surface area (Å²) in [5.74, 6) is 1.87. The van der Waals surface area contributed by atoms with Crippen LogP contribution < -0.4 is 4.90 Å². The molecule has 7 nitrogen and oxygen atoms in total. The van der Waals surface area contributed by atoms with Crippen LogP contribution in [0.5, 0.6) is 0 Å². The van der Waals surface area contributed by atoms with E-state index in [2.05, 4.69) is 15.1 Å². The van der Waals surface area contributed by atoms with Gasteiger partial charge >= 0.3 is 0 Å². The summed E-state index contributed by atoms with van der Waals surface area (Å²) in [7, 11) is 0. The molecule has 0 spiro atoms. The molecule has 0 unspecified atom stereocenters. The summed E-state index contributed by atoms with van der Waals surface area (Å²) < 4.78 is 1.78. The lowest BCUT2D eigenvalue weighted by atomic mass is 10.2. The number of nitrogens with zero attached hydrogens (tertiary/aromatic N) is 5. The van der Waals surface area contributed by atoms with E-state index in [1.54, 1.807) is 4.68 Å². The highest BCUT2D eigenvalue weighted by atomic mass is 16.3. The Labute approximate surface area is 152 Å². The van der Waals surface area contributed by atoms with Crippen LogP contribution in [-0.4, -0.2) is 56.3 Å². The van der Waals surface area contributed by atoms with Crippen molar-refractivity contribution in [2.45, 2.75) is 13.8 Å². The number of aryl methyl sites for hydroxylation is 2. The van der Waals surface area contributed by atoms with Crippen LogP contribution in [0.15, 0.2) is 42.5 Å². The van der Waals surface area contributed by atoms with Crippen LogP contribution in [0.25, 0.3) is 17.2 Å². The molecule has 2 N–H and O–H groups in total. The zero-order valence-electron chi connectivity index (χ0n) is 15.0. The van der Waals surface area contributed by atoms with Gasteiger partial charge in [0.2, 0.25) is 0 Å². The van der Waals surface area contributed by atoms with Gasteiger partial charge in [-0.3, -0.25) is 0 Å². The molecule has 7 heteroatoms. The largest absolute Gasteiger partial charge is 0.395 e. The van der Waals surface area contributed by atoms with Crippen molar-refractivity contribution in [3.05, 3.63) is 53.9 Å². The van der Waals surface area contributed by atoms with Gasteiger partial charge in [-0.2, -0.15) is 5.10 Å². The van der Waals surface area contributed by atoms with Crippen molar-refractivity contribution in [2.24, 2.45) is 0 Å². The summed E-state index contributed by atoms with van der Waals surface area (Å²) in [6.45, 7) is 4.61. The van der Waals surface area contributed by atoms with Gasteiger partial charge < -0.3 is 15.1 Å². The molecule has 0 radical (unpaired) electrons. The molecular formula is C19H23N5O2. The SMILES string of the molecule is Cc1cc(C)n(-c2cc(N(CCO)CCO)nc(-c3ccccc3)n2)n1. The van der Waals surface area contributed by atoms with Crippen molar-refractivity contribution in [2.75, 3.05) is 31.2 Å². The summed E-state index contributed by atoms with van der Waals surface area (Å²) in [4.78, 5) is 11.2. The lowest BCUT2D eigenvalue weighted by Crippen LogP contribution is -2.30. The summed E-state index contributed by atoms with van der Waals surface area (Å²) in [6.07, 6.45) is 0. The highest BCUT2D eigenvalue weighted by molar-refractivity contribution is 5.59. The quantitative estimate of drug-likeness (QED) is 0.673. The fourth-order valence-corrected chi connectivity index (χ4v) is 2.85. The topological polar surface area (TPSA) is 87.3 Å². The second kappa shape index (κ2) is 8.07. The van der Waals surface area contributed by atoms with Crippen molar-refractivity contribution in [1.82, 2.24) is 19.7 Å². The molecule has 0 fully saturated rings. The summed E-state index contributed by atoms with van der Waals surface area (Å²) in [6, 6.07) is 13.5. The molecule has 0 saturated heterocycles. The van der Waals surface area contributed by atoms with Gasteiger partial charge in [0.25, 0.3) is 0 Å². The smallest absolute Gasteiger partial charge is 0.163 e. The second-order valence-electron chi connectivity index (χ2n) is 6.05. The Bertz CT molecular complexity index is 858. The van der Waals surface area contributed by atoms with Gasteiger partial charge in [-0.15, -0.1) is 0 Å². The van der Waals surface area contributed by atoms with Crippen LogP contribution in [0, 0.1) is 13.8 Å². The average molecular weight is 353 g/mol. The van der Waals surface area contributed by atoms with Crippen LogP contribution in [0.3, 0.4) is 0 Å². The molecule has 0 saturated carbocycles. The maximum absolute atomic E-state index is 9.36. The molecular weight excluding hydrogens is 330 g/mol. The minimum atomic E-state index is -0.0279. The van der Waals surface area contributed by atoms with E-state index < -0.39 is 0 Å². The summed E-state index contributed by atoms with van der Waals surface area (Å²) in [5, 5.41) is 23.2. The molecule has 26 heavy (non-hydrogen) atoms. The molecule has 2 heterocycles. The Kier molecular flexibility index (Phi) is 5.60. The minimum absolute atomic E-state index is 0.0279. The number of aromatic nitrogens is 4. The number of benzene rings is 1. The number of rotatable bonds is 7. The third kappa shape index (κ3) is 3.89. The fourth-order valence-electron chi connectivity index (χ4n) is 2.85. The van der Waals surface area contributed by atoms with Crippen LogP contribution >= 0.6 is 0 Å². The lowest BCUT2D eigenvalue weighted by molar-refractivity contribution is 0.280. The first kappa shape index (κ1) is 18.0. The van der Waals surface area contributed by atoms with Crippen LogP contribution in [-0.2, 0) is 0 Å². The van der Waals surface area contributed by atoms with Gasteiger partial charge in [0.15, 0.2) is 11.6 Å². The molecule has 0 aliphatic carbocycles. The molecule has 0 aliphatic heterocycles. The van der Waals surface area contributed by atoms with E-state index in [0.717, 1.165) is 17.0 Å². The molecule has 0 bridgehead atoms. The minimum Gasteiger partial charge on any atom is -0.395 e. The van der Waals surface area contributed by atoms with Gasteiger partial charge in [-0.1, -0.05) is 30.3 Å². The predicted molar refractivity (Wildman–Crippen MR) is 100 cm³/mol. The Morgan fingerprint density at radius 2 is 1.65 bits per heavy atom. The second-order valence-corrected chi connectivity index (χ2v) is 6.05. The van der Waals surface area contributed by atoms with Crippen LogP contribution in [0.1, 0.15) is 11.4 Å². The van der Waals surface area contributed by atoms with E-state index in [4.69, 9.17) is 0 Å². The molecule has 1 aromatic carbocycles. The number of aliphatic hydroxyl groups is 2.